The fourth-order valence-electron chi connectivity index (χ4n) is 4.74. The molecule has 1 N–H and O–H groups in total. The second-order valence-corrected chi connectivity index (χ2v) is 12.2. The number of fused-ring (bicyclic) bond motifs is 1. The second kappa shape index (κ2) is 10.9. The maximum absolute atomic E-state index is 12.0. The Morgan fingerprint density at radius 3 is 2.10 bits per heavy atom. The summed E-state index contributed by atoms with van der Waals surface area (Å²) in [6.07, 6.45) is 5.03. The topological polar surface area (TPSA) is 84.3 Å². The lowest BCUT2D eigenvalue weighted by Gasteiger charge is -2.14. The largest absolute Gasteiger partial charge is 0.478 e. The van der Waals surface area contributed by atoms with Crippen molar-refractivity contribution < 1.29 is 18.3 Å². The Bertz CT molecular complexity index is 1850. The Morgan fingerprint density at radius 2 is 1.48 bits per heavy atom. The standard InChI is InChI=1S/C34H29NO4S/c1-22(2)29-20-28-8-5-17-35-33(28)32(21-29)27-7-4-6-23(18-27)19-31(24-9-11-26(12-10-24)34(36)37)25-13-15-30(16-14-25)40(3,38)39/h4-22H,1-3H3,(H,36,37)/b31-19+. The first-order chi connectivity index (χ1) is 19.1. The molecule has 6 heteroatoms. The Kier molecular flexibility index (Phi) is 7.37. The molecule has 0 saturated carbocycles. The van der Waals surface area contributed by atoms with Crippen molar-refractivity contribution in [3.8, 4) is 11.1 Å². The summed E-state index contributed by atoms with van der Waals surface area (Å²) in [5, 5.41) is 10.5. The molecule has 0 fully saturated rings. The molecule has 5 aromatic rings. The maximum Gasteiger partial charge on any atom is 0.335 e. The van der Waals surface area contributed by atoms with Crippen LogP contribution in [0.5, 0.6) is 0 Å². The van der Waals surface area contributed by atoms with Crippen molar-refractivity contribution in [2.24, 2.45) is 0 Å². The van der Waals surface area contributed by atoms with E-state index in [4.69, 9.17) is 0 Å². The van der Waals surface area contributed by atoms with E-state index in [0.29, 0.717) is 5.92 Å². The van der Waals surface area contributed by atoms with E-state index in [1.165, 1.54) is 11.8 Å². The van der Waals surface area contributed by atoms with Crippen LogP contribution in [0.1, 0.15) is 52.4 Å². The van der Waals surface area contributed by atoms with Crippen LogP contribution in [0.3, 0.4) is 0 Å². The first kappa shape index (κ1) is 27.0. The first-order valence-corrected chi connectivity index (χ1v) is 14.8. The summed E-state index contributed by atoms with van der Waals surface area (Å²) >= 11 is 0. The summed E-state index contributed by atoms with van der Waals surface area (Å²) in [7, 11) is -3.34. The van der Waals surface area contributed by atoms with Gasteiger partial charge in [0.15, 0.2) is 9.84 Å². The molecule has 200 valence electrons. The summed E-state index contributed by atoms with van der Waals surface area (Å²) in [5.41, 5.74) is 7.88. The molecular formula is C34H29NO4S. The molecule has 0 aliphatic carbocycles. The molecule has 5 nitrogen and oxygen atoms in total. The van der Waals surface area contributed by atoms with Gasteiger partial charge in [0, 0.05) is 23.4 Å². The minimum atomic E-state index is -3.34. The minimum Gasteiger partial charge on any atom is -0.478 e. The van der Waals surface area contributed by atoms with E-state index < -0.39 is 15.8 Å². The molecule has 0 radical (unpaired) electrons. The van der Waals surface area contributed by atoms with Crippen molar-refractivity contribution in [2.75, 3.05) is 6.26 Å². The van der Waals surface area contributed by atoms with Crippen LogP contribution in [0, 0.1) is 0 Å². The van der Waals surface area contributed by atoms with Gasteiger partial charge in [0.25, 0.3) is 0 Å². The van der Waals surface area contributed by atoms with Crippen molar-refractivity contribution in [3.05, 3.63) is 131 Å². The zero-order valence-electron chi connectivity index (χ0n) is 22.5. The van der Waals surface area contributed by atoms with Crippen molar-refractivity contribution in [1.29, 1.82) is 0 Å². The number of sulfone groups is 1. The van der Waals surface area contributed by atoms with Crippen LogP contribution in [0.25, 0.3) is 33.7 Å². The Hall–Kier alpha value is -4.55. The highest BCUT2D eigenvalue weighted by Crippen LogP contribution is 2.33. The molecule has 1 aromatic heterocycles. The van der Waals surface area contributed by atoms with E-state index in [1.54, 1.807) is 48.5 Å². The Morgan fingerprint density at radius 1 is 0.825 bits per heavy atom. The van der Waals surface area contributed by atoms with Gasteiger partial charge in [0.1, 0.15) is 0 Å². The second-order valence-electron chi connectivity index (χ2n) is 10.2. The zero-order chi connectivity index (χ0) is 28.4. The number of rotatable bonds is 7. The van der Waals surface area contributed by atoms with Gasteiger partial charge in [-0.15, -0.1) is 0 Å². The van der Waals surface area contributed by atoms with Crippen LogP contribution in [0.15, 0.2) is 108 Å². The highest BCUT2D eigenvalue weighted by atomic mass is 32.2. The molecule has 4 aromatic carbocycles. The zero-order valence-corrected chi connectivity index (χ0v) is 23.3. The Balaban J connectivity index is 1.66. The molecule has 0 aliphatic rings. The number of aromatic carboxylic acids is 1. The number of carboxylic acid groups (broad SMARTS) is 1. The number of carboxylic acids is 1. The Labute approximate surface area is 234 Å². The van der Waals surface area contributed by atoms with Gasteiger partial charge in [-0.25, -0.2) is 13.2 Å². The third-order valence-corrected chi connectivity index (χ3v) is 8.07. The molecular weight excluding hydrogens is 518 g/mol. The molecule has 0 aliphatic heterocycles. The maximum atomic E-state index is 12.0. The molecule has 5 rings (SSSR count). The minimum absolute atomic E-state index is 0.196. The van der Waals surface area contributed by atoms with E-state index in [-0.39, 0.29) is 10.5 Å². The summed E-state index contributed by atoms with van der Waals surface area (Å²) in [4.78, 5) is 16.4. The van der Waals surface area contributed by atoms with Gasteiger partial charge in [-0.2, -0.15) is 0 Å². The molecule has 0 unspecified atom stereocenters. The van der Waals surface area contributed by atoms with Crippen LogP contribution in [-0.4, -0.2) is 30.7 Å². The highest BCUT2D eigenvalue weighted by molar-refractivity contribution is 7.90. The van der Waals surface area contributed by atoms with E-state index in [2.05, 4.69) is 49.2 Å². The average Bonchev–Trinajstić information content (AvgIpc) is 2.95. The van der Waals surface area contributed by atoms with Crippen LogP contribution in [-0.2, 0) is 9.84 Å². The molecule has 0 atom stereocenters. The van der Waals surface area contributed by atoms with Crippen molar-refractivity contribution >= 4 is 38.4 Å². The van der Waals surface area contributed by atoms with E-state index >= 15 is 0 Å². The predicted octanol–water partition coefficient (Wildman–Crippen LogP) is 7.72. The van der Waals surface area contributed by atoms with Gasteiger partial charge in [0.05, 0.1) is 16.0 Å². The van der Waals surface area contributed by atoms with Crippen molar-refractivity contribution in [2.45, 2.75) is 24.7 Å². The summed E-state index contributed by atoms with van der Waals surface area (Å²) in [5.74, 6) is -0.631. The number of pyridine rings is 1. The molecule has 0 saturated heterocycles. The molecule has 0 amide bonds. The SMILES string of the molecule is CC(C)c1cc(-c2cccc(/C=C(\c3ccc(C(=O)O)cc3)c3ccc(S(C)(=O)=O)cc3)c2)c2ncccc2c1. The number of benzene rings is 4. The summed E-state index contributed by atoms with van der Waals surface area (Å²) in [6.45, 7) is 4.36. The lowest BCUT2D eigenvalue weighted by atomic mass is 9.92. The molecule has 0 spiro atoms. The van der Waals surface area contributed by atoms with Crippen LogP contribution < -0.4 is 0 Å². The van der Waals surface area contributed by atoms with Crippen LogP contribution in [0.4, 0.5) is 0 Å². The van der Waals surface area contributed by atoms with E-state index in [0.717, 1.165) is 44.3 Å². The van der Waals surface area contributed by atoms with E-state index in [1.807, 2.05) is 30.5 Å². The number of aromatic nitrogens is 1. The van der Waals surface area contributed by atoms with Gasteiger partial charge in [-0.3, -0.25) is 4.98 Å². The lowest BCUT2D eigenvalue weighted by Crippen LogP contribution is -1.98. The van der Waals surface area contributed by atoms with Gasteiger partial charge in [-0.05, 0) is 93.9 Å². The number of nitrogens with zero attached hydrogens (tertiary/aromatic N) is 1. The van der Waals surface area contributed by atoms with Crippen molar-refractivity contribution in [1.82, 2.24) is 4.98 Å². The fraction of sp³-hybridized carbons (Fsp3) is 0.118. The third kappa shape index (κ3) is 5.72. The monoisotopic (exact) mass is 547 g/mol. The van der Waals surface area contributed by atoms with Crippen molar-refractivity contribution in [3.63, 3.8) is 0 Å². The lowest BCUT2D eigenvalue weighted by molar-refractivity contribution is 0.0697. The predicted molar refractivity (Wildman–Crippen MR) is 161 cm³/mol. The fourth-order valence-corrected chi connectivity index (χ4v) is 5.37. The molecule has 1 heterocycles. The highest BCUT2D eigenvalue weighted by Gasteiger charge is 2.13. The van der Waals surface area contributed by atoms with Gasteiger partial charge < -0.3 is 5.11 Å². The third-order valence-electron chi connectivity index (χ3n) is 6.94. The summed E-state index contributed by atoms with van der Waals surface area (Å²) in [6, 6.07) is 30.1. The molecule has 0 bridgehead atoms. The molecule has 40 heavy (non-hydrogen) atoms. The normalized spacial score (nSPS) is 12.2. The smallest absolute Gasteiger partial charge is 0.335 e. The van der Waals surface area contributed by atoms with E-state index in [9.17, 15) is 18.3 Å². The van der Waals surface area contributed by atoms with Crippen LogP contribution in [0.2, 0.25) is 0 Å². The number of carbonyl (C=O) groups is 1. The van der Waals surface area contributed by atoms with Gasteiger partial charge in [-0.1, -0.05) is 62.4 Å². The quantitative estimate of drug-likeness (QED) is 0.211. The van der Waals surface area contributed by atoms with Gasteiger partial charge >= 0.3 is 5.97 Å². The first-order valence-electron chi connectivity index (χ1n) is 13.0. The summed E-state index contributed by atoms with van der Waals surface area (Å²) < 4.78 is 24.1. The van der Waals surface area contributed by atoms with Gasteiger partial charge in [0.2, 0.25) is 0 Å². The number of hydrogen-bond donors (Lipinski definition) is 1. The van der Waals surface area contributed by atoms with Crippen LogP contribution >= 0.6 is 0 Å². The average molecular weight is 548 g/mol. The number of hydrogen-bond acceptors (Lipinski definition) is 4.